The summed E-state index contributed by atoms with van der Waals surface area (Å²) in [5.74, 6) is -2.45. The molecule has 0 bridgehead atoms. The molecule has 2 N–H and O–H groups in total. The van der Waals surface area contributed by atoms with E-state index in [0.717, 1.165) is 19.3 Å². The van der Waals surface area contributed by atoms with Crippen LogP contribution in [0.2, 0.25) is 0 Å². The van der Waals surface area contributed by atoms with E-state index in [0.29, 0.717) is 6.42 Å². The third-order valence-electron chi connectivity index (χ3n) is 4.90. The number of phenolic OH excluding ortho intramolecular Hbond substituents is 2. The predicted octanol–water partition coefficient (Wildman–Crippen LogP) is 4.06. The molecule has 0 aliphatic heterocycles. The first-order valence-corrected chi connectivity index (χ1v) is 9.31. The van der Waals surface area contributed by atoms with Gasteiger partial charge in [0.05, 0.1) is 11.1 Å². The first-order chi connectivity index (χ1) is 13.4. The van der Waals surface area contributed by atoms with Crippen molar-refractivity contribution < 1.29 is 29.3 Å². The van der Waals surface area contributed by atoms with Crippen LogP contribution in [-0.4, -0.2) is 27.7 Å². The van der Waals surface area contributed by atoms with Gasteiger partial charge in [0.2, 0.25) is 0 Å². The molecule has 1 atom stereocenters. The van der Waals surface area contributed by atoms with Gasteiger partial charge in [-0.2, -0.15) is 0 Å². The lowest BCUT2D eigenvalue weighted by Crippen LogP contribution is -2.22. The highest BCUT2D eigenvalue weighted by molar-refractivity contribution is 6.30. The van der Waals surface area contributed by atoms with Crippen LogP contribution in [0, 0.1) is 0 Å². The molecule has 1 aliphatic rings. The SMILES string of the molecule is CCCCCC(OC(C)=O)c1cc(O)c2c(c1O)C(=O)c1ccccc1C2=O. The Kier molecular flexibility index (Phi) is 5.49. The highest BCUT2D eigenvalue weighted by Crippen LogP contribution is 2.43. The molecule has 146 valence electrons. The Morgan fingerprint density at radius 2 is 1.64 bits per heavy atom. The van der Waals surface area contributed by atoms with E-state index in [9.17, 15) is 24.6 Å². The van der Waals surface area contributed by atoms with Gasteiger partial charge in [-0.1, -0.05) is 44.0 Å². The lowest BCUT2D eigenvalue weighted by Gasteiger charge is -2.24. The van der Waals surface area contributed by atoms with E-state index >= 15 is 0 Å². The van der Waals surface area contributed by atoms with E-state index in [1.807, 2.05) is 6.92 Å². The Balaban J connectivity index is 2.13. The fourth-order valence-corrected chi connectivity index (χ4v) is 3.58. The molecule has 0 fully saturated rings. The Morgan fingerprint density at radius 3 is 2.21 bits per heavy atom. The van der Waals surface area contributed by atoms with Gasteiger partial charge in [0, 0.05) is 23.6 Å². The van der Waals surface area contributed by atoms with Crippen LogP contribution in [0.1, 0.15) is 83.0 Å². The number of carbonyl (C=O) groups excluding carboxylic acids is 3. The molecule has 0 heterocycles. The van der Waals surface area contributed by atoms with Crippen LogP contribution in [0.5, 0.6) is 11.5 Å². The molecular formula is C22H22O6. The van der Waals surface area contributed by atoms with E-state index < -0.39 is 35.1 Å². The Bertz CT molecular complexity index is 960. The first kappa shape index (κ1) is 19.6. The van der Waals surface area contributed by atoms with Crippen LogP contribution in [0.25, 0.3) is 0 Å². The number of hydrogen-bond acceptors (Lipinski definition) is 6. The fourth-order valence-electron chi connectivity index (χ4n) is 3.58. The smallest absolute Gasteiger partial charge is 0.303 e. The average molecular weight is 382 g/mol. The Hall–Kier alpha value is -3.15. The van der Waals surface area contributed by atoms with Crippen LogP contribution < -0.4 is 0 Å². The van der Waals surface area contributed by atoms with Gasteiger partial charge in [-0.25, -0.2) is 0 Å². The number of fused-ring (bicyclic) bond motifs is 2. The molecule has 0 aromatic heterocycles. The third-order valence-corrected chi connectivity index (χ3v) is 4.90. The zero-order valence-electron chi connectivity index (χ0n) is 15.8. The molecule has 6 heteroatoms. The van der Waals surface area contributed by atoms with Gasteiger partial charge in [0.1, 0.15) is 17.6 Å². The van der Waals surface area contributed by atoms with Crippen molar-refractivity contribution in [2.24, 2.45) is 0 Å². The summed E-state index contributed by atoms with van der Waals surface area (Å²) >= 11 is 0. The maximum absolute atomic E-state index is 13.0. The second-order valence-electron chi connectivity index (χ2n) is 6.88. The zero-order valence-corrected chi connectivity index (χ0v) is 15.8. The standard InChI is InChI=1S/C22H22O6/c1-3-4-5-10-17(28-12(2)23)15-11-16(24)18-19(22(15)27)21(26)14-9-7-6-8-13(14)20(18)25/h6-9,11,17,24,27H,3-5,10H2,1-2H3. The number of ketones is 2. The van der Waals surface area contributed by atoms with Crippen molar-refractivity contribution in [2.75, 3.05) is 0 Å². The number of rotatable bonds is 6. The van der Waals surface area contributed by atoms with Crippen LogP contribution >= 0.6 is 0 Å². The number of benzene rings is 2. The van der Waals surface area contributed by atoms with E-state index in [4.69, 9.17) is 4.74 Å². The van der Waals surface area contributed by atoms with Gasteiger partial charge >= 0.3 is 5.97 Å². The van der Waals surface area contributed by atoms with Crippen LogP contribution in [0.3, 0.4) is 0 Å². The summed E-state index contributed by atoms with van der Waals surface area (Å²) in [6, 6.07) is 7.49. The summed E-state index contributed by atoms with van der Waals surface area (Å²) in [5, 5.41) is 21.3. The Morgan fingerprint density at radius 1 is 1.04 bits per heavy atom. The van der Waals surface area contributed by atoms with Crippen molar-refractivity contribution in [2.45, 2.75) is 45.6 Å². The van der Waals surface area contributed by atoms with Crippen molar-refractivity contribution in [1.82, 2.24) is 0 Å². The van der Waals surface area contributed by atoms with E-state index in [1.165, 1.54) is 25.1 Å². The first-order valence-electron chi connectivity index (χ1n) is 9.31. The maximum Gasteiger partial charge on any atom is 0.303 e. The van der Waals surface area contributed by atoms with Gasteiger partial charge in [-0.15, -0.1) is 0 Å². The van der Waals surface area contributed by atoms with Gasteiger partial charge < -0.3 is 14.9 Å². The minimum Gasteiger partial charge on any atom is -0.507 e. The number of hydrogen-bond donors (Lipinski definition) is 2. The second kappa shape index (κ2) is 7.84. The molecule has 2 aromatic carbocycles. The van der Waals surface area contributed by atoms with Crippen molar-refractivity contribution in [3.63, 3.8) is 0 Å². The summed E-state index contributed by atoms with van der Waals surface area (Å²) in [5.41, 5.74) is 0.0123. The van der Waals surface area contributed by atoms with Crippen molar-refractivity contribution in [1.29, 1.82) is 0 Å². The van der Waals surface area contributed by atoms with Crippen molar-refractivity contribution in [3.8, 4) is 11.5 Å². The average Bonchev–Trinajstić information content (AvgIpc) is 2.66. The number of unbranched alkanes of at least 4 members (excludes halogenated alkanes) is 2. The molecule has 0 amide bonds. The maximum atomic E-state index is 13.0. The molecule has 1 unspecified atom stereocenters. The van der Waals surface area contributed by atoms with Crippen LogP contribution in [0.4, 0.5) is 0 Å². The van der Waals surface area contributed by atoms with Gasteiger partial charge in [0.15, 0.2) is 11.6 Å². The summed E-state index contributed by atoms with van der Waals surface area (Å²) in [6.45, 7) is 3.29. The normalized spacial score (nSPS) is 13.6. The topological polar surface area (TPSA) is 101 Å². The highest BCUT2D eigenvalue weighted by atomic mass is 16.5. The molecule has 0 spiro atoms. The molecule has 0 saturated heterocycles. The third kappa shape index (κ3) is 3.38. The molecule has 28 heavy (non-hydrogen) atoms. The van der Waals surface area contributed by atoms with Gasteiger partial charge in [-0.05, 0) is 18.9 Å². The molecular weight excluding hydrogens is 360 g/mol. The van der Waals surface area contributed by atoms with E-state index in [-0.39, 0.29) is 27.8 Å². The second-order valence-corrected chi connectivity index (χ2v) is 6.88. The van der Waals surface area contributed by atoms with E-state index in [2.05, 4.69) is 0 Å². The minimum atomic E-state index is -0.819. The number of ether oxygens (including phenoxy) is 1. The fraction of sp³-hybridized carbons (Fsp3) is 0.318. The number of esters is 1. The molecule has 2 aromatic rings. The summed E-state index contributed by atoms with van der Waals surface area (Å²) in [7, 11) is 0. The van der Waals surface area contributed by atoms with Crippen LogP contribution in [0.15, 0.2) is 30.3 Å². The number of phenols is 2. The summed E-state index contributed by atoms with van der Waals surface area (Å²) in [4.78, 5) is 37.3. The van der Waals surface area contributed by atoms with E-state index in [1.54, 1.807) is 12.1 Å². The quantitative estimate of drug-likeness (QED) is 0.379. The summed E-state index contributed by atoms with van der Waals surface area (Å²) in [6.07, 6.45) is 2.21. The lowest BCUT2D eigenvalue weighted by atomic mass is 9.81. The lowest BCUT2D eigenvalue weighted by molar-refractivity contribution is -0.147. The molecule has 0 saturated carbocycles. The Labute approximate surface area is 162 Å². The molecule has 0 radical (unpaired) electrons. The predicted molar refractivity (Wildman–Crippen MR) is 102 cm³/mol. The summed E-state index contributed by atoms with van der Waals surface area (Å²) < 4.78 is 5.34. The van der Waals surface area contributed by atoms with Crippen molar-refractivity contribution in [3.05, 3.63) is 58.1 Å². The zero-order chi connectivity index (χ0) is 20.4. The molecule has 6 nitrogen and oxygen atoms in total. The van der Waals surface area contributed by atoms with Gasteiger partial charge in [-0.3, -0.25) is 14.4 Å². The van der Waals surface area contributed by atoms with Gasteiger partial charge in [0.25, 0.3) is 0 Å². The minimum absolute atomic E-state index is 0.128. The highest BCUT2D eigenvalue weighted by Gasteiger charge is 2.36. The largest absolute Gasteiger partial charge is 0.507 e. The van der Waals surface area contributed by atoms with Crippen molar-refractivity contribution >= 4 is 17.5 Å². The molecule has 3 rings (SSSR count). The number of carbonyl (C=O) groups is 3. The number of aromatic hydroxyl groups is 2. The molecule has 1 aliphatic carbocycles. The van der Waals surface area contributed by atoms with Crippen LogP contribution in [-0.2, 0) is 9.53 Å². The monoisotopic (exact) mass is 382 g/mol.